The van der Waals surface area contributed by atoms with E-state index < -0.39 is 0 Å². The van der Waals surface area contributed by atoms with Crippen LogP contribution in [0.4, 0.5) is 0 Å². The lowest BCUT2D eigenvalue weighted by molar-refractivity contribution is 0.137. The number of rotatable bonds is 5. The Morgan fingerprint density at radius 2 is 2.06 bits per heavy atom. The number of H-pyrrole nitrogens is 1. The standard InChI is InChI=1S/C14H20N2O/c1-4-6-17-7-5-13-15-12-9-10(2)8-11(3)14(12)16-13/h8-9H,4-7H2,1-3H3,(H,15,16). The normalized spacial score (nSPS) is 11.2. The Bertz CT molecular complexity index is 502. The Morgan fingerprint density at radius 3 is 2.82 bits per heavy atom. The van der Waals surface area contributed by atoms with Gasteiger partial charge in [0.15, 0.2) is 0 Å². The first-order chi connectivity index (χ1) is 8.20. The fourth-order valence-corrected chi connectivity index (χ4v) is 2.06. The number of aryl methyl sites for hydroxylation is 2. The van der Waals surface area contributed by atoms with Crippen molar-refractivity contribution in [3.63, 3.8) is 0 Å². The van der Waals surface area contributed by atoms with E-state index in [0.717, 1.165) is 42.9 Å². The summed E-state index contributed by atoms with van der Waals surface area (Å²) in [6, 6.07) is 4.31. The summed E-state index contributed by atoms with van der Waals surface area (Å²) in [5.41, 5.74) is 4.72. The van der Waals surface area contributed by atoms with Gasteiger partial charge in [-0.1, -0.05) is 13.0 Å². The van der Waals surface area contributed by atoms with Crippen molar-refractivity contribution in [2.24, 2.45) is 0 Å². The van der Waals surface area contributed by atoms with Crippen molar-refractivity contribution in [2.75, 3.05) is 13.2 Å². The summed E-state index contributed by atoms with van der Waals surface area (Å²) in [5.74, 6) is 1.02. The van der Waals surface area contributed by atoms with E-state index in [9.17, 15) is 0 Å². The molecule has 2 rings (SSSR count). The van der Waals surface area contributed by atoms with E-state index in [0.29, 0.717) is 0 Å². The van der Waals surface area contributed by atoms with Gasteiger partial charge in [0.05, 0.1) is 17.6 Å². The van der Waals surface area contributed by atoms with Crippen LogP contribution in [0.5, 0.6) is 0 Å². The Morgan fingerprint density at radius 1 is 1.24 bits per heavy atom. The average molecular weight is 232 g/mol. The number of hydrogen-bond acceptors (Lipinski definition) is 2. The van der Waals surface area contributed by atoms with Gasteiger partial charge in [0.1, 0.15) is 5.82 Å². The molecule has 1 aromatic heterocycles. The monoisotopic (exact) mass is 232 g/mol. The zero-order chi connectivity index (χ0) is 12.3. The molecule has 0 radical (unpaired) electrons. The molecule has 1 N–H and O–H groups in total. The molecular formula is C14H20N2O. The average Bonchev–Trinajstić information content (AvgIpc) is 2.67. The first kappa shape index (κ1) is 12.1. The number of nitrogens with one attached hydrogen (secondary N) is 1. The molecule has 2 aromatic rings. The second-order valence-corrected chi connectivity index (χ2v) is 4.52. The highest BCUT2D eigenvalue weighted by Crippen LogP contribution is 2.18. The fourth-order valence-electron chi connectivity index (χ4n) is 2.06. The molecule has 0 spiro atoms. The molecule has 1 aromatic carbocycles. The van der Waals surface area contributed by atoms with Crippen LogP contribution < -0.4 is 0 Å². The molecule has 0 saturated carbocycles. The van der Waals surface area contributed by atoms with Crippen LogP contribution in [0.25, 0.3) is 11.0 Å². The van der Waals surface area contributed by atoms with Gasteiger partial charge < -0.3 is 9.72 Å². The summed E-state index contributed by atoms with van der Waals surface area (Å²) in [6.07, 6.45) is 1.92. The number of imidazole rings is 1. The van der Waals surface area contributed by atoms with Gasteiger partial charge in [-0.15, -0.1) is 0 Å². The second-order valence-electron chi connectivity index (χ2n) is 4.52. The molecule has 0 bridgehead atoms. The smallest absolute Gasteiger partial charge is 0.109 e. The number of aromatic nitrogens is 2. The van der Waals surface area contributed by atoms with Crippen LogP contribution in [-0.2, 0) is 11.2 Å². The number of benzene rings is 1. The zero-order valence-corrected chi connectivity index (χ0v) is 10.8. The Balaban J connectivity index is 2.12. The molecule has 0 aliphatic carbocycles. The lowest BCUT2D eigenvalue weighted by atomic mass is 10.1. The molecule has 0 atom stereocenters. The number of fused-ring (bicyclic) bond motifs is 1. The van der Waals surface area contributed by atoms with Gasteiger partial charge in [-0.25, -0.2) is 4.98 Å². The minimum absolute atomic E-state index is 0.742. The molecule has 0 aliphatic rings. The number of nitrogens with zero attached hydrogens (tertiary/aromatic N) is 1. The summed E-state index contributed by atoms with van der Waals surface area (Å²) in [6.45, 7) is 7.90. The maximum absolute atomic E-state index is 5.48. The van der Waals surface area contributed by atoms with Gasteiger partial charge in [-0.3, -0.25) is 0 Å². The number of aromatic amines is 1. The van der Waals surface area contributed by atoms with E-state index in [2.05, 4.69) is 42.9 Å². The molecular weight excluding hydrogens is 212 g/mol. The van der Waals surface area contributed by atoms with Gasteiger partial charge in [0.2, 0.25) is 0 Å². The van der Waals surface area contributed by atoms with Crippen molar-refractivity contribution in [2.45, 2.75) is 33.6 Å². The van der Waals surface area contributed by atoms with Crippen LogP contribution >= 0.6 is 0 Å². The van der Waals surface area contributed by atoms with Gasteiger partial charge in [0, 0.05) is 13.0 Å². The van der Waals surface area contributed by atoms with Crippen LogP contribution in [0, 0.1) is 13.8 Å². The van der Waals surface area contributed by atoms with Crippen LogP contribution in [0.15, 0.2) is 12.1 Å². The summed E-state index contributed by atoms with van der Waals surface area (Å²) in [4.78, 5) is 7.98. The van der Waals surface area contributed by atoms with Crippen LogP contribution in [0.1, 0.15) is 30.3 Å². The first-order valence-corrected chi connectivity index (χ1v) is 6.24. The largest absolute Gasteiger partial charge is 0.381 e. The predicted octanol–water partition coefficient (Wildman–Crippen LogP) is 3.15. The zero-order valence-electron chi connectivity index (χ0n) is 10.8. The molecule has 1 heterocycles. The van der Waals surface area contributed by atoms with Crippen molar-refractivity contribution >= 4 is 11.0 Å². The first-order valence-electron chi connectivity index (χ1n) is 6.24. The van der Waals surface area contributed by atoms with Gasteiger partial charge in [-0.05, 0) is 37.5 Å². The minimum Gasteiger partial charge on any atom is -0.381 e. The van der Waals surface area contributed by atoms with Crippen LogP contribution in [0.3, 0.4) is 0 Å². The Kier molecular flexibility index (Phi) is 3.79. The maximum Gasteiger partial charge on any atom is 0.109 e. The lowest BCUT2D eigenvalue weighted by Crippen LogP contribution is -2.00. The third-order valence-corrected chi connectivity index (χ3v) is 2.80. The molecule has 3 heteroatoms. The van der Waals surface area contributed by atoms with Crippen molar-refractivity contribution in [3.05, 3.63) is 29.1 Å². The quantitative estimate of drug-likeness (QED) is 0.804. The van der Waals surface area contributed by atoms with E-state index in [1.54, 1.807) is 0 Å². The third-order valence-electron chi connectivity index (χ3n) is 2.80. The molecule has 0 saturated heterocycles. The predicted molar refractivity (Wildman–Crippen MR) is 70.4 cm³/mol. The van der Waals surface area contributed by atoms with Gasteiger partial charge >= 0.3 is 0 Å². The minimum atomic E-state index is 0.742. The van der Waals surface area contributed by atoms with E-state index in [-0.39, 0.29) is 0 Å². The fraction of sp³-hybridized carbons (Fsp3) is 0.500. The number of hydrogen-bond donors (Lipinski definition) is 1. The summed E-state index contributed by atoms with van der Waals surface area (Å²) in [5, 5.41) is 0. The lowest BCUT2D eigenvalue weighted by Gasteiger charge is -1.98. The number of ether oxygens (including phenoxy) is 1. The van der Waals surface area contributed by atoms with Gasteiger partial charge in [0.25, 0.3) is 0 Å². The maximum atomic E-state index is 5.48. The van der Waals surface area contributed by atoms with Crippen LogP contribution in [-0.4, -0.2) is 23.2 Å². The summed E-state index contributed by atoms with van der Waals surface area (Å²) < 4.78 is 5.48. The molecule has 0 amide bonds. The van der Waals surface area contributed by atoms with Crippen molar-refractivity contribution < 1.29 is 4.74 Å². The topological polar surface area (TPSA) is 37.9 Å². The molecule has 3 nitrogen and oxygen atoms in total. The molecule has 0 aliphatic heterocycles. The van der Waals surface area contributed by atoms with Gasteiger partial charge in [-0.2, -0.15) is 0 Å². The van der Waals surface area contributed by atoms with E-state index in [1.807, 2.05) is 0 Å². The summed E-state index contributed by atoms with van der Waals surface area (Å²) >= 11 is 0. The Hall–Kier alpha value is -1.35. The van der Waals surface area contributed by atoms with Crippen molar-refractivity contribution in [3.8, 4) is 0 Å². The van der Waals surface area contributed by atoms with E-state index >= 15 is 0 Å². The Labute approximate surface area is 102 Å². The van der Waals surface area contributed by atoms with E-state index in [1.165, 1.54) is 11.1 Å². The van der Waals surface area contributed by atoms with Crippen molar-refractivity contribution in [1.29, 1.82) is 0 Å². The molecule has 92 valence electrons. The highest BCUT2D eigenvalue weighted by molar-refractivity contribution is 5.79. The highest BCUT2D eigenvalue weighted by Gasteiger charge is 2.05. The third kappa shape index (κ3) is 2.86. The van der Waals surface area contributed by atoms with Crippen LogP contribution in [0.2, 0.25) is 0 Å². The summed E-state index contributed by atoms with van der Waals surface area (Å²) in [7, 11) is 0. The highest BCUT2D eigenvalue weighted by atomic mass is 16.5. The SMILES string of the molecule is CCCOCCc1nc2c(C)cc(C)cc2[nH]1. The molecule has 0 unspecified atom stereocenters. The van der Waals surface area contributed by atoms with E-state index in [4.69, 9.17) is 4.74 Å². The second kappa shape index (κ2) is 5.32. The van der Waals surface area contributed by atoms with Crippen molar-refractivity contribution in [1.82, 2.24) is 9.97 Å². The molecule has 0 fully saturated rings. The molecule has 17 heavy (non-hydrogen) atoms.